The number of para-hydroxylation sites is 1. The largest absolute Gasteiger partial charge is 0.322 e. The van der Waals surface area contributed by atoms with E-state index in [1.54, 1.807) is 31.2 Å². The molecule has 1 atom stereocenters. The highest BCUT2D eigenvalue weighted by atomic mass is 19.2. The Kier molecular flexibility index (Phi) is 4.14. The van der Waals surface area contributed by atoms with E-state index in [1.165, 1.54) is 15.9 Å². The van der Waals surface area contributed by atoms with E-state index in [2.05, 4.69) is 5.32 Å². The van der Waals surface area contributed by atoms with Crippen molar-refractivity contribution in [2.45, 2.75) is 25.4 Å². The van der Waals surface area contributed by atoms with Crippen molar-refractivity contribution in [3.63, 3.8) is 0 Å². The van der Waals surface area contributed by atoms with Crippen molar-refractivity contribution >= 4 is 29.1 Å². The zero-order valence-electron chi connectivity index (χ0n) is 15.0. The fourth-order valence-electron chi connectivity index (χ4n) is 4.01. The Bertz CT molecular complexity index is 1010. The highest BCUT2D eigenvalue weighted by molar-refractivity contribution is 6.18. The van der Waals surface area contributed by atoms with E-state index in [1.807, 2.05) is 0 Å². The SMILES string of the molecule is CCN1C(=O)c2ccccc2N2C(=O)CC[C@]12C(=O)Nc1ccc(F)c(F)c1. The number of rotatable bonds is 3. The molecule has 2 aliphatic rings. The molecule has 2 aromatic carbocycles. The van der Waals surface area contributed by atoms with Crippen LogP contribution in [0.15, 0.2) is 42.5 Å². The molecule has 0 saturated carbocycles. The summed E-state index contributed by atoms with van der Waals surface area (Å²) in [4.78, 5) is 41.8. The predicted molar refractivity (Wildman–Crippen MR) is 97.6 cm³/mol. The first-order valence-electron chi connectivity index (χ1n) is 8.90. The number of nitrogens with one attached hydrogen (secondary N) is 1. The Morgan fingerprint density at radius 2 is 1.89 bits per heavy atom. The second-order valence-corrected chi connectivity index (χ2v) is 6.70. The number of halogens is 2. The number of fused-ring (bicyclic) bond motifs is 3. The molecule has 2 aliphatic heterocycles. The first-order chi connectivity index (χ1) is 13.4. The molecule has 0 spiro atoms. The molecule has 1 N–H and O–H groups in total. The predicted octanol–water partition coefficient (Wildman–Crippen LogP) is 2.90. The maximum atomic E-state index is 13.5. The smallest absolute Gasteiger partial charge is 0.271 e. The van der Waals surface area contributed by atoms with Gasteiger partial charge in [0, 0.05) is 31.1 Å². The van der Waals surface area contributed by atoms with Crippen molar-refractivity contribution in [2.75, 3.05) is 16.8 Å². The van der Waals surface area contributed by atoms with Crippen molar-refractivity contribution in [1.29, 1.82) is 0 Å². The summed E-state index contributed by atoms with van der Waals surface area (Å²) in [7, 11) is 0. The van der Waals surface area contributed by atoms with Crippen LogP contribution in [0.25, 0.3) is 0 Å². The molecule has 0 radical (unpaired) electrons. The van der Waals surface area contributed by atoms with E-state index in [9.17, 15) is 23.2 Å². The highest BCUT2D eigenvalue weighted by Crippen LogP contribution is 2.44. The summed E-state index contributed by atoms with van der Waals surface area (Å²) >= 11 is 0. The van der Waals surface area contributed by atoms with Crippen molar-refractivity contribution in [1.82, 2.24) is 4.90 Å². The normalized spacial score (nSPS) is 20.8. The lowest BCUT2D eigenvalue weighted by atomic mass is 9.95. The lowest BCUT2D eigenvalue weighted by Crippen LogP contribution is -2.69. The second-order valence-electron chi connectivity index (χ2n) is 6.70. The highest BCUT2D eigenvalue weighted by Gasteiger charge is 2.60. The zero-order valence-corrected chi connectivity index (χ0v) is 15.0. The molecule has 0 unspecified atom stereocenters. The summed E-state index contributed by atoms with van der Waals surface area (Å²) in [6.07, 6.45) is 0.193. The molecule has 0 aromatic heterocycles. The molecule has 8 heteroatoms. The first kappa shape index (κ1) is 18.1. The van der Waals surface area contributed by atoms with Crippen LogP contribution in [0.5, 0.6) is 0 Å². The van der Waals surface area contributed by atoms with Gasteiger partial charge in [-0.2, -0.15) is 0 Å². The molecular formula is C20H17F2N3O3. The van der Waals surface area contributed by atoms with Gasteiger partial charge in [-0.1, -0.05) is 12.1 Å². The third-order valence-corrected chi connectivity index (χ3v) is 5.23. The minimum absolute atomic E-state index is 0.0416. The molecule has 3 amide bonds. The summed E-state index contributed by atoms with van der Waals surface area (Å²) in [5.41, 5.74) is -0.793. The molecule has 144 valence electrons. The minimum atomic E-state index is -1.55. The Hall–Kier alpha value is -3.29. The Balaban J connectivity index is 1.82. The lowest BCUT2D eigenvalue weighted by Gasteiger charge is -2.48. The van der Waals surface area contributed by atoms with Gasteiger partial charge in [-0.25, -0.2) is 8.78 Å². The Morgan fingerprint density at radius 1 is 1.14 bits per heavy atom. The summed E-state index contributed by atoms with van der Waals surface area (Å²) in [6.45, 7) is 1.92. The Labute approximate surface area is 159 Å². The molecule has 6 nitrogen and oxygen atoms in total. The average Bonchev–Trinajstić information content (AvgIpc) is 3.04. The zero-order chi connectivity index (χ0) is 20.1. The monoisotopic (exact) mass is 385 g/mol. The average molecular weight is 385 g/mol. The van der Waals surface area contributed by atoms with Gasteiger partial charge >= 0.3 is 0 Å². The van der Waals surface area contributed by atoms with Gasteiger partial charge in [-0.15, -0.1) is 0 Å². The van der Waals surface area contributed by atoms with E-state index in [4.69, 9.17) is 0 Å². The summed E-state index contributed by atoms with van der Waals surface area (Å²) in [6, 6.07) is 9.62. The van der Waals surface area contributed by atoms with Crippen molar-refractivity contribution in [2.24, 2.45) is 0 Å². The Morgan fingerprint density at radius 3 is 2.61 bits per heavy atom. The van der Waals surface area contributed by atoms with Gasteiger partial charge in [-0.3, -0.25) is 19.3 Å². The van der Waals surface area contributed by atoms with Crippen LogP contribution in [0.2, 0.25) is 0 Å². The molecule has 28 heavy (non-hydrogen) atoms. The second kappa shape index (κ2) is 6.40. The summed E-state index contributed by atoms with van der Waals surface area (Å²) in [5, 5.41) is 2.54. The number of hydrogen-bond donors (Lipinski definition) is 1. The lowest BCUT2D eigenvalue weighted by molar-refractivity contribution is -0.128. The van der Waals surface area contributed by atoms with Crippen molar-refractivity contribution < 1.29 is 23.2 Å². The number of carbonyl (C=O) groups is 3. The number of anilines is 2. The van der Waals surface area contributed by atoms with Crippen LogP contribution in [-0.4, -0.2) is 34.8 Å². The number of nitrogens with zero attached hydrogens (tertiary/aromatic N) is 2. The number of amides is 3. The van der Waals surface area contributed by atoms with Crippen LogP contribution < -0.4 is 10.2 Å². The third kappa shape index (κ3) is 2.41. The van der Waals surface area contributed by atoms with Crippen LogP contribution in [0.1, 0.15) is 30.1 Å². The summed E-state index contributed by atoms with van der Waals surface area (Å²) < 4.78 is 26.7. The van der Waals surface area contributed by atoms with Crippen molar-refractivity contribution in [3.8, 4) is 0 Å². The number of hydrogen-bond acceptors (Lipinski definition) is 3. The molecular weight excluding hydrogens is 368 g/mol. The van der Waals surface area contributed by atoms with E-state index in [0.29, 0.717) is 11.3 Å². The van der Waals surface area contributed by atoms with Crippen molar-refractivity contribution in [3.05, 3.63) is 59.7 Å². The fraction of sp³-hybridized carbons (Fsp3) is 0.250. The van der Waals surface area contributed by atoms with E-state index >= 15 is 0 Å². The molecule has 4 rings (SSSR count). The van der Waals surface area contributed by atoms with Crippen LogP contribution in [0.4, 0.5) is 20.2 Å². The molecule has 1 fully saturated rings. The van der Waals surface area contributed by atoms with Gasteiger partial charge in [-0.05, 0) is 31.2 Å². The van der Waals surface area contributed by atoms with Gasteiger partial charge in [0.1, 0.15) is 0 Å². The summed E-state index contributed by atoms with van der Waals surface area (Å²) in [5.74, 6) is -3.42. The van der Waals surface area contributed by atoms with Crippen LogP contribution in [-0.2, 0) is 9.59 Å². The maximum Gasteiger partial charge on any atom is 0.271 e. The fourth-order valence-corrected chi connectivity index (χ4v) is 4.01. The molecule has 0 bridgehead atoms. The number of carbonyl (C=O) groups excluding carboxylic acids is 3. The minimum Gasteiger partial charge on any atom is -0.322 e. The number of likely N-dealkylation sites (N-methyl/N-ethyl adjacent to an activating group) is 1. The number of benzene rings is 2. The van der Waals surface area contributed by atoms with Gasteiger partial charge in [0.25, 0.3) is 11.8 Å². The van der Waals surface area contributed by atoms with Gasteiger partial charge in [0.2, 0.25) is 11.6 Å². The molecule has 2 aromatic rings. The maximum absolute atomic E-state index is 13.5. The van der Waals surface area contributed by atoms with E-state index < -0.39 is 23.2 Å². The third-order valence-electron chi connectivity index (χ3n) is 5.23. The molecule has 2 heterocycles. The van der Waals surface area contributed by atoms with Gasteiger partial charge in [0.15, 0.2) is 11.6 Å². The van der Waals surface area contributed by atoms with E-state index in [-0.39, 0.29) is 36.9 Å². The van der Waals surface area contributed by atoms with Crippen LogP contribution in [0, 0.1) is 11.6 Å². The first-order valence-corrected chi connectivity index (χ1v) is 8.90. The van der Waals surface area contributed by atoms with Crippen LogP contribution in [0.3, 0.4) is 0 Å². The molecule has 1 saturated heterocycles. The molecule has 0 aliphatic carbocycles. The van der Waals surface area contributed by atoms with Gasteiger partial charge < -0.3 is 10.2 Å². The topological polar surface area (TPSA) is 69.7 Å². The van der Waals surface area contributed by atoms with E-state index in [0.717, 1.165) is 12.1 Å². The van der Waals surface area contributed by atoms with Crippen LogP contribution >= 0.6 is 0 Å². The quantitative estimate of drug-likeness (QED) is 0.883. The van der Waals surface area contributed by atoms with Gasteiger partial charge in [0.05, 0.1) is 11.3 Å². The standard InChI is InChI=1S/C20H17F2N3O3/c1-2-24-18(27)13-5-3-4-6-16(13)25-17(26)9-10-20(24,25)19(28)23-12-7-8-14(21)15(22)11-12/h3-8,11H,2,9-10H2,1H3,(H,23,28)/t20-/m0/s1.